The van der Waals surface area contributed by atoms with Crippen LogP contribution in [0.3, 0.4) is 0 Å². The molecule has 2 aromatic rings. The van der Waals surface area contributed by atoms with Crippen LogP contribution in [-0.4, -0.2) is 87.2 Å². The van der Waals surface area contributed by atoms with Crippen molar-refractivity contribution in [2.45, 2.75) is 11.8 Å². The molecule has 2 fully saturated rings. The predicted molar refractivity (Wildman–Crippen MR) is 114 cm³/mol. The number of sulfonamides is 1. The molecule has 4 rings (SSSR count). The number of likely N-dealkylation sites (N-methyl/N-ethyl adjacent to an activating group) is 1. The van der Waals surface area contributed by atoms with Gasteiger partial charge in [0, 0.05) is 52.4 Å². The second kappa shape index (κ2) is 8.44. The molecule has 1 aromatic carbocycles. The quantitative estimate of drug-likeness (QED) is 0.716. The molecular formula is C20H27FN6O2S. The zero-order valence-electron chi connectivity index (χ0n) is 17.3. The summed E-state index contributed by atoms with van der Waals surface area (Å²) in [7, 11) is -1.53. The van der Waals surface area contributed by atoms with E-state index in [0.29, 0.717) is 31.7 Å². The molecule has 2 aliphatic heterocycles. The molecule has 0 saturated carbocycles. The summed E-state index contributed by atoms with van der Waals surface area (Å²) in [6.07, 6.45) is 0. The van der Waals surface area contributed by atoms with E-state index >= 15 is 0 Å². The Balaban J connectivity index is 1.39. The lowest BCUT2D eigenvalue weighted by molar-refractivity contribution is 0.312. The SMILES string of the molecule is Cc1cc(F)ccc1S(=O)(=O)N1CCN(c2ccc(N3CCN(C)CC3)nn2)CC1. The van der Waals surface area contributed by atoms with Crippen LogP contribution >= 0.6 is 0 Å². The van der Waals surface area contributed by atoms with Crippen LogP contribution in [0.1, 0.15) is 5.56 Å². The maximum Gasteiger partial charge on any atom is 0.243 e. The van der Waals surface area contributed by atoms with Gasteiger partial charge in [-0.2, -0.15) is 4.31 Å². The third-order valence-electron chi connectivity index (χ3n) is 5.78. The smallest absolute Gasteiger partial charge is 0.243 e. The summed E-state index contributed by atoms with van der Waals surface area (Å²) in [6, 6.07) is 7.72. The number of rotatable bonds is 4. The first-order valence-electron chi connectivity index (χ1n) is 10.1. The molecule has 0 spiro atoms. The molecule has 2 aliphatic rings. The van der Waals surface area contributed by atoms with E-state index < -0.39 is 15.8 Å². The Hall–Kier alpha value is -2.30. The van der Waals surface area contributed by atoms with Crippen molar-refractivity contribution in [1.29, 1.82) is 0 Å². The number of halogens is 1. The van der Waals surface area contributed by atoms with Gasteiger partial charge < -0.3 is 14.7 Å². The van der Waals surface area contributed by atoms with Gasteiger partial charge in [-0.3, -0.25) is 0 Å². The third-order valence-corrected chi connectivity index (χ3v) is 7.84. The monoisotopic (exact) mass is 434 g/mol. The highest BCUT2D eigenvalue weighted by molar-refractivity contribution is 7.89. The Kier molecular flexibility index (Phi) is 5.90. The van der Waals surface area contributed by atoms with Gasteiger partial charge in [-0.05, 0) is 49.9 Å². The molecule has 8 nitrogen and oxygen atoms in total. The van der Waals surface area contributed by atoms with Gasteiger partial charge in [-0.1, -0.05) is 0 Å². The Morgan fingerprint density at radius 1 is 0.833 bits per heavy atom. The number of nitrogens with zero attached hydrogens (tertiary/aromatic N) is 6. The van der Waals surface area contributed by atoms with E-state index in [0.717, 1.165) is 37.8 Å². The van der Waals surface area contributed by atoms with Gasteiger partial charge in [-0.15, -0.1) is 10.2 Å². The second-order valence-electron chi connectivity index (χ2n) is 7.84. The summed E-state index contributed by atoms with van der Waals surface area (Å²) in [4.78, 5) is 6.73. The number of anilines is 2. The summed E-state index contributed by atoms with van der Waals surface area (Å²) in [5, 5.41) is 8.76. The van der Waals surface area contributed by atoms with Crippen LogP contribution in [0.5, 0.6) is 0 Å². The van der Waals surface area contributed by atoms with E-state index in [1.54, 1.807) is 6.92 Å². The van der Waals surface area contributed by atoms with Crippen molar-refractivity contribution < 1.29 is 12.8 Å². The maximum atomic E-state index is 13.3. The molecule has 3 heterocycles. The Bertz CT molecular complexity index is 985. The van der Waals surface area contributed by atoms with Crippen molar-refractivity contribution in [2.24, 2.45) is 0 Å². The lowest BCUT2D eigenvalue weighted by atomic mass is 10.2. The largest absolute Gasteiger partial charge is 0.353 e. The Labute approximate surface area is 176 Å². The molecule has 0 amide bonds. The van der Waals surface area contributed by atoms with Crippen LogP contribution in [0.15, 0.2) is 35.2 Å². The topological polar surface area (TPSA) is 72.9 Å². The minimum atomic E-state index is -3.65. The maximum absolute atomic E-state index is 13.3. The van der Waals surface area contributed by atoms with Gasteiger partial charge >= 0.3 is 0 Å². The molecule has 2 saturated heterocycles. The van der Waals surface area contributed by atoms with E-state index in [4.69, 9.17) is 0 Å². The minimum absolute atomic E-state index is 0.161. The van der Waals surface area contributed by atoms with Crippen molar-refractivity contribution in [1.82, 2.24) is 19.4 Å². The van der Waals surface area contributed by atoms with Gasteiger partial charge in [0.15, 0.2) is 11.6 Å². The highest BCUT2D eigenvalue weighted by atomic mass is 32.2. The highest BCUT2D eigenvalue weighted by Crippen LogP contribution is 2.23. The van der Waals surface area contributed by atoms with Crippen LogP contribution in [-0.2, 0) is 10.0 Å². The van der Waals surface area contributed by atoms with E-state index in [1.165, 1.54) is 22.5 Å². The standard InChI is InChI=1S/C20H27FN6O2S/c1-16-15-17(21)3-4-18(16)30(28,29)27-13-11-26(12-14-27)20-6-5-19(22-23-20)25-9-7-24(2)8-10-25/h3-6,15H,7-14H2,1-2H3. The van der Waals surface area contributed by atoms with Gasteiger partial charge in [0.2, 0.25) is 10.0 Å². The van der Waals surface area contributed by atoms with Crippen molar-refractivity contribution in [3.8, 4) is 0 Å². The van der Waals surface area contributed by atoms with Gasteiger partial charge in [0.1, 0.15) is 5.82 Å². The van der Waals surface area contributed by atoms with Crippen LogP contribution in [0, 0.1) is 12.7 Å². The minimum Gasteiger partial charge on any atom is -0.353 e. The molecule has 10 heteroatoms. The summed E-state index contributed by atoms with van der Waals surface area (Å²) in [5.74, 6) is 1.19. The predicted octanol–water partition coefficient (Wildman–Crippen LogP) is 1.19. The molecule has 0 aliphatic carbocycles. The fourth-order valence-electron chi connectivity index (χ4n) is 3.89. The van der Waals surface area contributed by atoms with Crippen molar-refractivity contribution in [2.75, 3.05) is 69.2 Å². The van der Waals surface area contributed by atoms with Crippen molar-refractivity contribution >= 4 is 21.7 Å². The molecule has 0 unspecified atom stereocenters. The van der Waals surface area contributed by atoms with Crippen molar-refractivity contribution in [3.63, 3.8) is 0 Å². The molecule has 0 atom stereocenters. The fraction of sp³-hybridized carbons (Fsp3) is 0.500. The van der Waals surface area contributed by atoms with E-state index in [-0.39, 0.29) is 4.90 Å². The normalized spacial score (nSPS) is 19.3. The molecule has 0 N–H and O–H groups in total. The lowest BCUT2D eigenvalue weighted by Crippen LogP contribution is -2.49. The molecule has 30 heavy (non-hydrogen) atoms. The first-order valence-corrected chi connectivity index (χ1v) is 11.6. The van der Waals surface area contributed by atoms with Gasteiger partial charge in [-0.25, -0.2) is 12.8 Å². The van der Waals surface area contributed by atoms with E-state index in [1.807, 2.05) is 17.0 Å². The molecular weight excluding hydrogens is 407 g/mol. The number of aromatic nitrogens is 2. The third kappa shape index (κ3) is 4.26. The Morgan fingerprint density at radius 3 is 1.87 bits per heavy atom. The fourth-order valence-corrected chi connectivity index (χ4v) is 5.52. The average Bonchev–Trinajstić information content (AvgIpc) is 2.74. The number of hydrogen-bond donors (Lipinski definition) is 0. The van der Waals surface area contributed by atoms with Crippen LogP contribution in [0.2, 0.25) is 0 Å². The van der Waals surface area contributed by atoms with Crippen LogP contribution in [0.4, 0.5) is 16.0 Å². The summed E-state index contributed by atoms with van der Waals surface area (Å²) < 4.78 is 40.7. The number of hydrogen-bond acceptors (Lipinski definition) is 7. The zero-order valence-corrected chi connectivity index (χ0v) is 18.1. The number of aryl methyl sites for hydroxylation is 1. The molecule has 0 radical (unpaired) electrons. The lowest BCUT2D eigenvalue weighted by Gasteiger charge is -2.35. The summed E-state index contributed by atoms with van der Waals surface area (Å²) in [6.45, 7) is 7.25. The first-order chi connectivity index (χ1) is 14.3. The highest BCUT2D eigenvalue weighted by Gasteiger charge is 2.30. The molecule has 162 valence electrons. The van der Waals surface area contributed by atoms with Crippen molar-refractivity contribution in [3.05, 3.63) is 41.7 Å². The average molecular weight is 435 g/mol. The Morgan fingerprint density at radius 2 is 1.37 bits per heavy atom. The molecule has 1 aromatic heterocycles. The van der Waals surface area contributed by atoms with Crippen LogP contribution < -0.4 is 9.80 Å². The molecule has 0 bridgehead atoms. The summed E-state index contributed by atoms with van der Waals surface area (Å²) in [5.41, 5.74) is 0.419. The van der Waals surface area contributed by atoms with E-state index in [2.05, 4.69) is 27.0 Å². The van der Waals surface area contributed by atoms with Gasteiger partial charge in [0.05, 0.1) is 4.90 Å². The second-order valence-corrected chi connectivity index (χ2v) is 9.75. The number of piperazine rings is 2. The van der Waals surface area contributed by atoms with Gasteiger partial charge in [0.25, 0.3) is 0 Å². The first kappa shape index (κ1) is 21.0. The van der Waals surface area contributed by atoms with Crippen LogP contribution in [0.25, 0.3) is 0 Å². The number of benzene rings is 1. The summed E-state index contributed by atoms with van der Waals surface area (Å²) >= 11 is 0. The zero-order chi connectivity index (χ0) is 21.3. The van der Waals surface area contributed by atoms with E-state index in [9.17, 15) is 12.8 Å².